The second-order valence-electron chi connectivity index (χ2n) is 7.55. The molecule has 0 saturated carbocycles. The van der Waals surface area contributed by atoms with Crippen molar-refractivity contribution in [1.29, 1.82) is 0 Å². The van der Waals surface area contributed by atoms with Gasteiger partial charge in [-0.3, -0.25) is 14.2 Å². The van der Waals surface area contributed by atoms with Gasteiger partial charge in [-0.15, -0.1) is 0 Å². The molecule has 0 unspecified atom stereocenters. The van der Waals surface area contributed by atoms with E-state index in [-0.39, 0.29) is 5.56 Å². The van der Waals surface area contributed by atoms with Crippen LogP contribution >= 0.6 is 0 Å². The van der Waals surface area contributed by atoms with Crippen LogP contribution in [0.2, 0.25) is 0 Å². The molecule has 5 rings (SSSR count). The Kier molecular flexibility index (Phi) is 4.29. The molecule has 0 fully saturated rings. The maximum Gasteiger partial charge on any atom is 0.265 e. The fourth-order valence-corrected chi connectivity index (χ4v) is 4.28. The van der Waals surface area contributed by atoms with Crippen LogP contribution in [0.25, 0.3) is 33.8 Å². The molecule has 1 aromatic heterocycles. The van der Waals surface area contributed by atoms with Gasteiger partial charge in [-0.2, -0.15) is 0 Å². The Morgan fingerprint density at radius 1 is 1.13 bits per heavy atom. The Labute approximate surface area is 177 Å². The number of rotatable bonds is 3. The summed E-state index contributed by atoms with van der Waals surface area (Å²) >= 11 is 0. The maximum atomic E-state index is 13.5. The number of fused-ring (bicyclic) bond motifs is 2. The van der Waals surface area contributed by atoms with Crippen LogP contribution in [0.1, 0.15) is 27.0 Å². The molecule has 1 aliphatic rings. The molecule has 3 aromatic carbocycles. The van der Waals surface area contributed by atoms with Gasteiger partial charge in [0.1, 0.15) is 12.1 Å². The van der Waals surface area contributed by atoms with Crippen LogP contribution in [0.5, 0.6) is 0 Å². The molecule has 31 heavy (non-hydrogen) atoms. The zero-order chi connectivity index (χ0) is 21.7. The van der Waals surface area contributed by atoms with Crippen LogP contribution < -0.4 is 11.3 Å². The Hall–Kier alpha value is -4.06. The van der Waals surface area contributed by atoms with Crippen molar-refractivity contribution in [2.75, 3.05) is 0 Å². The van der Waals surface area contributed by atoms with Gasteiger partial charge in [-0.25, -0.2) is 9.37 Å². The number of hydrogen-bond donors (Lipinski definition) is 1. The van der Waals surface area contributed by atoms with Gasteiger partial charge >= 0.3 is 0 Å². The molecular weight excluding hydrogens is 393 g/mol. The minimum absolute atomic E-state index is 0.264. The summed E-state index contributed by atoms with van der Waals surface area (Å²) in [7, 11) is 0. The van der Waals surface area contributed by atoms with Gasteiger partial charge in [0, 0.05) is 11.6 Å². The predicted molar refractivity (Wildman–Crippen MR) is 119 cm³/mol. The van der Waals surface area contributed by atoms with Crippen LogP contribution in [0.4, 0.5) is 4.39 Å². The molecular formula is C25H18FN3O2. The molecule has 2 N–H and O–H groups in total. The largest absolute Gasteiger partial charge is 0.366 e. The first-order chi connectivity index (χ1) is 15.0. The summed E-state index contributed by atoms with van der Waals surface area (Å²) in [4.78, 5) is 29.2. The lowest BCUT2D eigenvalue weighted by Gasteiger charge is -2.17. The average molecular weight is 411 g/mol. The lowest BCUT2D eigenvalue weighted by molar-refractivity contribution is 0.0999. The summed E-state index contributed by atoms with van der Waals surface area (Å²) in [5.74, 6) is -0.876. The highest BCUT2D eigenvalue weighted by molar-refractivity contribution is 5.98. The van der Waals surface area contributed by atoms with Crippen LogP contribution in [0, 0.1) is 12.7 Å². The zero-order valence-electron chi connectivity index (χ0n) is 16.7. The number of amides is 1. The van der Waals surface area contributed by atoms with Gasteiger partial charge in [-0.05, 0) is 65.4 Å². The molecule has 6 heteroatoms. The summed E-state index contributed by atoms with van der Waals surface area (Å²) in [5.41, 5.74) is 11.5. The van der Waals surface area contributed by atoms with Crippen molar-refractivity contribution in [3.05, 3.63) is 99.4 Å². The highest BCUT2D eigenvalue weighted by Gasteiger charge is 2.20. The van der Waals surface area contributed by atoms with E-state index in [0.717, 1.165) is 27.8 Å². The first-order valence-corrected chi connectivity index (χ1v) is 9.85. The molecule has 0 radical (unpaired) electrons. The van der Waals surface area contributed by atoms with Crippen molar-refractivity contribution in [2.45, 2.75) is 13.3 Å². The number of carbonyl (C=O) groups excluding carboxylic acids is 1. The van der Waals surface area contributed by atoms with Gasteiger partial charge in [0.25, 0.3) is 5.56 Å². The van der Waals surface area contributed by atoms with Gasteiger partial charge < -0.3 is 5.73 Å². The summed E-state index contributed by atoms with van der Waals surface area (Å²) in [6, 6.07) is 13.3. The van der Waals surface area contributed by atoms with Gasteiger partial charge in [0.05, 0.1) is 16.6 Å². The summed E-state index contributed by atoms with van der Waals surface area (Å²) in [6.07, 6.45) is 6.10. The van der Waals surface area contributed by atoms with E-state index in [9.17, 15) is 14.0 Å². The van der Waals surface area contributed by atoms with Crippen LogP contribution in [-0.4, -0.2) is 15.5 Å². The van der Waals surface area contributed by atoms with E-state index in [1.807, 2.05) is 43.3 Å². The average Bonchev–Trinajstić information content (AvgIpc) is 3.24. The van der Waals surface area contributed by atoms with Crippen molar-refractivity contribution in [3.8, 4) is 16.8 Å². The van der Waals surface area contributed by atoms with E-state index < -0.39 is 11.7 Å². The Morgan fingerprint density at radius 2 is 1.97 bits per heavy atom. The molecule has 1 aliphatic carbocycles. The van der Waals surface area contributed by atoms with E-state index in [0.29, 0.717) is 28.6 Å². The minimum atomic E-state index is -0.442. The lowest BCUT2D eigenvalue weighted by atomic mass is 9.90. The SMILES string of the molecule is Cc1c(-c2ccc(C(N)=O)c3c2C=CC3)cccc1-n1cnc2cc(F)ccc2c1=O. The Bertz CT molecular complexity index is 1480. The number of carbonyl (C=O) groups is 1. The number of aromatic nitrogens is 2. The van der Waals surface area contributed by atoms with Gasteiger partial charge in [0.2, 0.25) is 5.91 Å². The summed E-state index contributed by atoms with van der Waals surface area (Å²) in [6.45, 7) is 1.94. The number of halogens is 1. The summed E-state index contributed by atoms with van der Waals surface area (Å²) in [5, 5.41) is 0.350. The van der Waals surface area contributed by atoms with E-state index in [1.54, 1.807) is 6.07 Å². The number of nitrogens with two attached hydrogens (primary N) is 1. The smallest absolute Gasteiger partial charge is 0.265 e. The van der Waals surface area contributed by atoms with Crippen molar-refractivity contribution in [2.24, 2.45) is 5.73 Å². The second-order valence-corrected chi connectivity index (χ2v) is 7.55. The fourth-order valence-electron chi connectivity index (χ4n) is 4.28. The van der Waals surface area contributed by atoms with Crippen molar-refractivity contribution >= 4 is 22.9 Å². The van der Waals surface area contributed by atoms with Crippen molar-refractivity contribution in [1.82, 2.24) is 9.55 Å². The normalized spacial score (nSPS) is 12.3. The van der Waals surface area contributed by atoms with E-state index in [2.05, 4.69) is 4.98 Å². The highest BCUT2D eigenvalue weighted by atomic mass is 19.1. The van der Waals surface area contributed by atoms with Crippen molar-refractivity contribution in [3.63, 3.8) is 0 Å². The number of allylic oxidation sites excluding steroid dienone is 1. The zero-order valence-corrected chi connectivity index (χ0v) is 16.7. The molecule has 0 bridgehead atoms. The van der Waals surface area contributed by atoms with Crippen LogP contribution in [0.15, 0.2) is 65.7 Å². The minimum Gasteiger partial charge on any atom is -0.366 e. The molecule has 0 atom stereocenters. The molecule has 1 heterocycles. The molecule has 0 spiro atoms. The van der Waals surface area contributed by atoms with Crippen LogP contribution in [-0.2, 0) is 6.42 Å². The number of benzene rings is 3. The molecule has 0 saturated heterocycles. The van der Waals surface area contributed by atoms with Crippen LogP contribution in [0.3, 0.4) is 0 Å². The third-order valence-corrected chi connectivity index (χ3v) is 5.81. The molecule has 4 aromatic rings. The quantitative estimate of drug-likeness (QED) is 0.550. The highest BCUT2D eigenvalue weighted by Crippen LogP contribution is 2.36. The van der Waals surface area contributed by atoms with Gasteiger partial charge in [-0.1, -0.05) is 30.4 Å². The standard InChI is InChI=1S/C25H18FN3O2/c1-14-16(19-10-11-20(24(27)30)18-6-2-5-17(18)19)4-3-7-23(14)29-13-28-22-12-15(26)8-9-21(22)25(29)31/h2-5,7-13H,6H2,1H3,(H2,27,30). The molecule has 0 aliphatic heterocycles. The molecule has 152 valence electrons. The third kappa shape index (κ3) is 2.95. The second kappa shape index (κ2) is 7.02. The maximum absolute atomic E-state index is 13.5. The van der Waals surface area contributed by atoms with E-state index in [1.165, 1.54) is 29.1 Å². The number of nitrogens with zero attached hydrogens (tertiary/aromatic N) is 2. The van der Waals surface area contributed by atoms with E-state index >= 15 is 0 Å². The third-order valence-electron chi connectivity index (χ3n) is 5.81. The summed E-state index contributed by atoms with van der Waals surface area (Å²) < 4.78 is 15.0. The lowest BCUT2D eigenvalue weighted by Crippen LogP contribution is -2.20. The van der Waals surface area contributed by atoms with E-state index in [4.69, 9.17) is 5.73 Å². The number of primary amides is 1. The fraction of sp³-hybridized carbons (Fsp3) is 0.0800. The van der Waals surface area contributed by atoms with Gasteiger partial charge in [0.15, 0.2) is 0 Å². The molecule has 5 nitrogen and oxygen atoms in total. The first kappa shape index (κ1) is 18.9. The monoisotopic (exact) mass is 411 g/mol. The predicted octanol–water partition coefficient (Wildman–Crippen LogP) is 4.17. The Morgan fingerprint density at radius 3 is 2.77 bits per heavy atom. The topological polar surface area (TPSA) is 78.0 Å². The first-order valence-electron chi connectivity index (χ1n) is 9.85. The number of hydrogen-bond acceptors (Lipinski definition) is 3. The molecule has 1 amide bonds. The van der Waals surface area contributed by atoms with Crippen molar-refractivity contribution < 1.29 is 9.18 Å². The Balaban J connectivity index is 1.71.